The second-order valence-corrected chi connectivity index (χ2v) is 9.76. The third-order valence-electron chi connectivity index (χ3n) is 5.47. The zero-order valence-corrected chi connectivity index (χ0v) is 17.7. The maximum absolute atomic E-state index is 13.2. The van der Waals surface area contributed by atoms with Crippen molar-refractivity contribution in [1.82, 2.24) is 4.90 Å². The van der Waals surface area contributed by atoms with Gasteiger partial charge in [-0.05, 0) is 45.9 Å². The van der Waals surface area contributed by atoms with E-state index in [2.05, 4.69) is 60.6 Å². The molecule has 0 fully saturated rings. The Balaban J connectivity index is 2.35. The van der Waals surface area contributed by atoms with Crippen LogP contribution in [0, 0.1) is 0 Å². The maximum atomic E-state index is 13.2. The standard InChI is InChI=1S/C24H31NO2/c1-8-9-10-25-21(26)18-13-16(23(2,3)4)11-15-12-17(24(5,6)7)14-19(20(15)18)22(25)27/h11-14H,8-10H2,1-7H3. The minimum Gasteiger partial charge on any atom is -0.274 e. The summed E-state index contributed by atoms with van der Waals surface area (Å²) in [5.41, 5.74) is 3.45. The van der Waals surface area contributed by atoms with Crippen LogP contribution in [0.3, 0.4) is 0 Å². The average molecular weight is 366 g/mol. The van der Waals surface area contributed by atoms with E-state index in [4.69, 9.17) is 0 Å². The summed E-state index contributed by atoms with van der Waals surface area (Å²) in [4.78, 5) is 27.8. The Labute approximate surface area is 162 Å². The van der Waals surface area contributed by atoms with Crippen molar-refractivity contribution < 1.29 is 9.59 Å². The summed E-state index contributed by atoms with van der Waals surface area (Å²) in [5.74, 6) is -0.305. The quantitative estimate of drug-likeness (QED) is 0.642. The van der Waals surface area contributed by atoms with Crippen molar-refractivity contribution in [2.75, 3.05) is 6.54 Å². The van der Waals surface area contributed by atoms with Crippen molar-refractivity contribution in [3.8, 4) is 0 Å². The number of hydrogen-bond acceptors (Lipinski definition) is 2. The monoisotopic (exact) mass is 365 g/mol. The lowest BCUT2D eigenvalue weighted by atomic mass is 9.79. The molecule has 0 radical (unpaired) electrons. The van der Waals surface area contributed by atoms with Gasteiger partial charge in [0, 0.05) is 23.1 Å². The molecule has 0 atom stereocenters. The second-order valence-electron chi connectivity index (χ2n) is 9.76. The summed E-state index contributed by atoms with van der Waals surface area (Å²) < 4.78 is 0. The summed E-state index contributed by atoms with van der Waals surface area (Å²) in [6.07, 6.45) is 1.78. The highest BCUT2D eigenvalue weighted by molar-refractivity contribution is 6.25. The highest BCUT2D eigenvalue weighted by Crippen LogP contribution is 2.38. The molecular formula is C24H31NO2. The van der Waals surface area contributed by atoms with Gasteiger partial charge < -0.3 is 0 Å². The molecule has 1 heterocycles. The average Bonchev–Trinajstić information content (AvgIpc) is 2.57. The summed E-state index contributed by atoms with van der Waals surface area (Å²) in [5, 5.41) is 1.82. The molecule has 0 aromatic heterocycles. The van der Waals surface area contributed by atoms with Crippen molar-refractivity contribution >= 4 is 22.6 Å². The number of benzene rings is 2. The van der Waals surface area contributed by atoms with Crippen LogP contribution in [-0.4, -0.2) is 23.3 Å². The molecule has 0 bridgehead atoms. The molecule has 0 aliphatic carbocycles. The molecule has 27 heavy (non-hydrogen) atoms. The number of hydrogen-bond donors (Lipinski definition) is 0. The number of amides is 2. The van der Waals surface area contributed by atoms with E-state index in [0.717, 1.165) is 34.7 Å². The minimum absolute atomic E-state index is 0.0709. The van der Waals surface area contributed by atoms with Gasteiger partial charge in [-0.2, -0.15) is 0 Å². The lowest BCUT2D eigenvalue weighted by molar-refractivity contribution is 0.0608. The Hall–Kier alpha value is -2.16. The number of imide groups is 1. The van der Waals surface area contributed by atoms with Crippen LogP contribution < -0.4 is 0 Å². The molecule has 3 nitrogen and oxygen atoms in total. The molecule has 0 N–H and O–H groups in total. The Morgan fingerprint density at radius 3 is 1.59 bits per heavy atom. The summed E-state index contributed by atoms with van der Waals surface area (Å²) in [6, 6.07) is 8.30. The SMILES string of the molecule is CCCCN1C(=O)c2cc(C(C)(C)C)cc3cc(C(C)(C)C)cc(c23)C1=O. The fraction of sp³-hybridized carbons (Fsp3) is 0.500. The fourth-order valence-corrected chi connectivity index (χ4v) is 3.62. The fourth-order valence-electron chi connectivity index (χ4n) is 3.62. The third-order valence-corrected chi connectivity index (χ3v) is 5.47. The molecule has 2 amide bonds. The summed E-state index contributed by atoms with van der Waals surface area (Å²) >= 11 is 0. The number of carbonyl (C=O) groups excluding carboxylic acids is 2. The van der Waals surface area contributed by atoms with Crippen LogP contribution in [0.2, 0.25) is 0 Å². The van der Waals surface area contributed by atoms with Gasteiger partial charge in [-0.25, -0.2) is 0 Å². The van der Waals surface area contributed by atoms with Crippen molar-refractivity contribution in [3.05, 3.63) is 46.5 Å². The van der Waals surface area contributed by atoms with Crippen LogP contribution in [0.15, 0.2) is 24.3 Å². The third kappa shape index (κ3) is 3.40. The van der Waals surface area contributed by atoms with E-state index in [1.54, 1.807) is 0 Å². The van der Waals surface area contributed by atoms with Crippen molar-refractivity contribution in [2.24, 2.45) is 0 Å². The zero-order chi connectivity index (χ0) is 20.1. The Morgan fingerprint density at radius 2 is 1.22 bits per heavy atom. The zero-order valence-electron chi connectivity index (χ0n) is 17.7. The van der Waals surface area contributed by atoms with Gasteiger partial charge in [0.15, 0.2) is 0 Å². The van der Waals surface area contributed by atoms with Gasteiger partial charge in [-0.1, -0.05) is 67.0 Å². The van der Waals surface area contributed by atoms with E-state index in [9.17, 15) is 9.59 Å². The first-order chi connectivity index (χ1) is 12.4. The lowest BCUT2D eigenvalue weighted by Crippen LogP contribution is -2.41. The van der Waals surface area contributed by atoms with E-state index in [1.807, 2.05) is 12.1 Å². The van der Waals surface area contributed by atoms with Crippen molar-refractivity contribution in [1.29, 1.82) is 0 Å². The van der Waals surface area contributed by atoms with Gasteiger partial charge in [-0.15, -0.1) is 0 Å². The molecule has 3 rings (SSSR count). The molecule has 2 aromatic carbocycles. The Kier molecular flexibility index (Phi) is 4.70. The Bertz CT molecular complexity index is 857. The van der Waals surface area contributed by atoms with Gasteiger partial charge in [0.1, 0.15) is 0 Å². The molecule has 0 saturated carbocycles. The highest BCUT2D eigenvalue weighted by atomic mass is 16.2. The van der Waals surface area contributed by atoms with Crippen LogP contribution in [0.25, 0.3) is 10.8 Å². The van der Waals surface area contributed by atoms with E-state index in [1.165, 1.54) is 4.90 Å². The van der Waals surface area contributed by atoms with Crippen LogP contribution in [0.4, 0.5) is 0 Å². The van der Waals surface area contributed by atoms with E-state index in [-0.39, 0.29) is 22.6 Å². The molecule has 0 unspecified atom stereocenters. The van der Waals surface area contributed by atoms with Gasteiger partial charge in [0.25, 0.3) is 11.8 Å². The second kappa shape index (κ2) is 6.47. The van der Waals surface area contributed by atoms with E-state index in [0.29, 0.717) is 17.7 Å². The molecule has 0 spiro atoms. The first-order valence-electron chi connectivity index (χ1n) is 9.94. The molecule has 144 valence electrons. The summed E-state index contributed by atoms with van der Waals surface area (Å²) in [6.45, 7) is 15.5. The van der Waals surface area contributed by atoms with Crippen LogP contribution in [-0.2, 0) is 10.8 Å². The van der Waals surface area contributed by atoms with Gasteiger partial charge in [-0.3, -0.25) is 14.5 Å². The van der Waals surface area contributed by atoms with Gasteiger partial charge >= 0.3 is 0 Å². The number of rotatable bonds is 3. The van der Waals surface area contributed by atoms with Crippen molar-refractivity contribution in [2.45, 2.75) is 72.1 Å². The molecule has 1 aliphatic heterocycles. The Morgan fingerprint density at radius 1 is 0.778 bits per heavy atom. The topological polar surface area (TPSA) is 37.4 Å². The van der Waals surface area contributed by atoms with Crippen LogP contribution in [0.5, 0.6) is 0 Å². The normalized spacial score (nSPS) is 15.0. The number of carbonyl (C=O) groups is 2. The maximum Gasteiger partial charge on any atom is 0.261 e. The molecule has 2 aromatic rings. The number of unbranched alkanes of at least 4 members (excludes halogenated alkanes) is 1. The van der Waals surface area contributed by atoms with Crippen LogP contribution >= 0.6 is 0 Å². The minimum atomic E-state index is -0.152. The summed E-state index contributed by atoms with van der Waals surface area (Å²) in [7, 11) is 0. The molecular weight excluding hydrogens is 334 g/mol. The predicted molar refractivity (Wildman–Crippen MR) is 112 cm³/mol. The lowest BCUT2D eigenvalue weighted by Gasteiger charge is -2.31. The molecule has 1 aliphatic rings. The van der Waals surface area contributed by atoms with Crippen LogP contribution in [0.1, 0.15) is 93.2 Å². The predicted octanol–water partition coefficient (Wildman–Crippen LogP) is 5.83. The van der Waals surface area contributed by atoms with E-state index >= 15 is 0 Å². The van der Waals surface area contributed by atoms with E-state index < -0.39 is 0 Å². The first kappa shape index (κ1) is 19.6. The van der Waals surface area contributed by atoms with Gasteiger partial charge in [0.05, 0.1) is 0 Å². The first-order valence-corrected chi connectivity index (χ1v) is 9.94. The molecule has 3 heteroatoms. The smallest absolute Gasteiger partial charge is 0.261 e. The highest BCUT2D eigenvalue weighted by Gasteiger charge is 2.34. The van der Waals surface area contributed by atoms with Crippen molar-refractivity contribution in [3.63, 3.8) is 0 Å². The molecule has 0 saturated heterocycles. The van der Waals surface area contributed by atoms with Gasteiger partial charge in [0.2, 0.25) is 0 Å². The number of nitrogens with zero attached hydrogens (tertiary/aromatic N) is 1. The largest absolute Gasteiger partial charge is 0.274 e.